The van der Waals surface area contributed by atoms with E-state index in [2.05, 4.69) is 0 Å². The van der Waals surface area contributed by atoms with Gasteiger partial charge in [-0.15, -0.1) is 0 Å². The van der Waals surface area contributed by atoms with Gasteiger partial charge in [-0.2, -0.15) is 0 Å². The molecule has 0 saturated carbocycles. The largest absolute Gasteiger partial charge is 0.495 e. The van der Waals surface area contributed by atoms with E-state index in [4.69, 9.17) is 14.9 Å². The van der Waals surface area contributed by atoms with Crippen molar-refractivity contribution in [1.29, 1.82) is 0 Å². The molecule has 19 heavy (non-hydrogen) atoms. The van der Waals surface area contributed by atoms with Gasteiger partial charge in [-0.25, -0.2) is 4.39 Å². The number of furan rings is 1. The van der Waals surface area contributed by atoms with Gasteiger partial charge in [-0.05, 0) is 19.1 Å². The zero-order chi connectivity index (χ0) is 13.8. The van der Waals surface area contributed by atoms with Crippen LogP contribution in [0.4, 0.5) is 15.8 Å². The van der Waals surface area contributed by atoms with E-state index in [9.17, 15) is 4.39 Å². The molecule has 0 aliphatic carbocycles. The first kappa shape index (κ1) is 13.3. The Hall–Kier alpha value is -2.17. The van der Waals surface area contributed by atoms with Crippen LogP contribution in [0.2, 0.25) is 0 Å². The molecule has 0 unspecified atom stereocenters. The summed E-state index contributed by atoms with van der Waals surface area (Å²) in [5.74, 6) is 0.873. The van der Waals surface area contributed by atoms with Gasteiger partial charge in [-0.1, -0.05) is 0 Å². The Bertz CT molecular complexity index is 541. The molecular formula is C14H17FN2O2. The van der Waals surface area contributed by atoms with Crippen molar-refractivity contribution in [2.45, 2.75) is 13.5 Å². The lowest BCUT2D eigenvalue weighted by Gasteiger charge is -2.23. The minimum absolute atomic E-state index is 0.290. The van der Waals surface area contributed by atoms with Crippen LogP contribution in [0.3, 0.4) is 0 Å². The van der Waals surface area contributed by atoms with Gasteiger partial charge in [0.2, 0.25) is 0 Å². The molecule has 0 aliphatic rings. The van der Waals surface area contributed by atoms with Crippen molar-refractivity contribution in [3.63, 3.8) is 0 Å². The van der Waals surface area contributed by atoms with E-state index in [1.54, 1.807) is 12.3 Å². The van der Waals surface area contributed by atoms with Gasteiger partial charge in [0.05, 0.1) is 31.3 Å². The van der Waals surface area contributed by atoms with Crippen LogP contribution in [0, 0.1) is 5.82 Å². The smallest absolute Gasteiger partial charge is 0.148 e. The maximum absolute atomic E-state index is 14.0. The first-order valence-electron chi connectivity index (χ1n) is 6.06. The molecular weight excluding hydrogens is 247 g/mol. The maximum atomic E-state index is 14.0. The number of nitrogen functional groups attached to an aromatic ring is 1. The summed E-state index contributed by atoms with van der Waals surface area (Å²) in [4.78, 5) is 1.86. The SMILES string of the molecule is CCN(Cc1ccco1)c1cc(OC)c(N)cc1F. The van der Waals surface area contributed by atoms with Crippen molar-refractivity contribution >= 4 is 11.4 Å². The quantitative estimate of drug-likeness (QED) is 0.843. The van der Waals surface area contributed by atoms with E-state index in [-0.39, 0.29) is 11.5 Å². The summed E-state index contributed by atoms with van der Waals surface area (Å²) in [6.07, 6.45) is 1.60. The molecule has 0 atom stereocenters. The predicted molar refractivity (Wildman–Crippen MR) is 72.8 cm³/mol. The highest BCUT2D eigenvalue weighted by Crippen LogP contribution is 2.31. The Kier molecular flexibility index (Phi) is 3.94. The zero-order valence-corrected chi connectivity index (χ0v) is 11.0. The number of hydrogen-bond acceptors (Lipinski definition) is 4. The van der Waals surface area contributed by atoms with Crippen molar-refractivity contribution in [1.82, 2.24) is 0 Å². The predicted octanol–water partition coefficient (Wildman–Crippen LogP) is 3.04. The minimum atomic E-state index is -0.369. The standard InChI is InChI=1S/C14H17FN2O2/c1-3-17(9-10-5-4-6-19-10)13-8-14(18-2)12(16)7-11(13)15/h4-8H,3,9,16H2,1-2H3. The van der Waals surface area contributed by atoms with E-state index >= 15 is 0 Å². The van der Waals surface area contributed by atoms with Crippen LogP contribution in [-0.4, -0.2) is 13.7 Å². The molecule has 0 bridgehead atoms. The van der Waals surface area contributed by atoms with Crippen molar-refractivity contribution < 1.29 is 13.5 Å². The highest BCUT2D eigenvalue weighted by Gasteiger charge is 2.15. The molecule has 2 aromatic rings. The van der Waals surface area contributed by atoms with Crippen LogP contribution in [0.5, 0.6) is 5.75 Å². The average molecular weight is 264 g/mol. The Balaban J connectivity index is 2.32. The van der Waals surface area contributed by atoms with Gasteiger partial charge in [0.1, 0.15) is 17.3 Å². The summed E-state index contributed by atoms with van der Waals surface area (Å²) in [6.45, 7) is 3.09. The summed E-state index contributed by atoms with van der Waals surface area (Å²) in [5.41, 5.74) is 6.42. The maximum Gasteiger partial charge on any atom is 0.148 e. The number of halogens is 1. The van der Waals surface area contributed by atoms with Gasteiger partial charge in [0, 0.05) is 18.7 Å². The molecule has 0 amide bonds. The molecule has 1 heterocycles. The third-order valence-corrected chi connectivity index (χ3v) is 2.95. The first-order valence-corrected chi connectivity index (χ1v) is 6.06. The van der Waals surface area contributed by atoms with Crippen molar-refractivity contribution in [2.75, 3.05) is 24.3 Å². The first-order chi connectivity index (χ1) is 9.15. The van der Waals surface area contributed by atoms with Crippen LogP contribution < -0.4 is 15.4 Å². The lowest BCUT2D eigenvalue weighted by atomic mass is 10.2. The van der Waals surface area contributed by atoms with Gasteiger partial charge in [0.15, 0.2) is 0 Å². The molecule has 0 radical (unpaired) electrons. The fraction of sp³-hybridized carbons (Fsp3) is 0.286. The molecule has 2 rings (SSSR count). The molecule has 102 valence electrons. The lowest BCUT2D eigenvalue weighted by molar-refractivity contribution is 0.415. The lowest BCUT2D eigenvalue weighted by Crippen LogP contribution is -2.23. The van der Waals surface area contributed by atoms with E-state index in [0.29, 0.717) is 24.5 Å². The molecule has 0 fully saturated rings. The van der Waals surface area contributed by atoms with Gasteiger partial charge >= 0.3 is 0 Å². The number of methoxy groups -OCH3 is 1. The Morgan fingerprint density at radius 1 is 1.42 bits per heavy atom. The average Bonchev–Trinajstić information content (AvgIpc) is 2.89. The molecule has 2 N–H and O–H groups in total. The van der Waals surface area contributed by atoms with E-state index < -0.39 is 0 Å². The highest BCUT2D eigenvalue weighted by atomic mass is 19.1. The summed E-state index contributed by atoms with van der Waals surface area (Å²) in [6, 6.07) is 6.55. The van der Waals surface area contributed by atoms with Crippen molar-refractivity contribution in [2.24, 2.45) is 0 Å². The zero-order valence-electron chi connectivity index (χ0n) is 11.0. The van der Waals surface area contributed by atoms with E-state index in [0.717, 1.165) is 5.76 Å². The number of hydrogen-bond donors (Lipinski definition) is 1. The molecule has 0 aliphatic heterocycles. The van der Waals surface area contributed by atoms with Crippen LogP contribution in [0.25, 0.3) is 0 Å². The number of rotatable bonds is 5. The molecule has 4 nitrogen and oxygen atoms in total. The Labute approximate surface area is 111 Å². The second-order valence-corrected chi connectivity index (χ2v) is 4.14. The van der Waals surface area contributed by atoms with E-state index in [1.165, 1.54) is 13.2 Å². The number of ether oxygens (including phenoxy) is 1. The second kappa shape index (κ2) is 5.65. The fourth-order valence-electron chi connectivity index (χ4n) is 1.94. The fourth-order valence-corrected chi connectivity index (χ4v) is 1.94. The Morgan fingerprint density at radius 2 is 2.21 bits per heavy atom. The number of nitrogens with zero attached hydrogens (tertiary/aromatic N) is 1. The Morgan fingerprint density at radius 3 is 2.79 bits per heavy atom. The number of benzene rings is 1. The summed E-state index contributed by atoms with van der Waals surface area (Å²) < 4.78 is 24.4. The van der Waals surface area contributed by atoms with Crippen LogP contribution in [0.1, 0.15) is 12.7 Å². The topological polar surface area (TPSA) is 51.6 Å². The third kappa shape index (κ3) is 2.81. The summed E-state index contributed by atoms with van der Waals surface area (Å²) >= 11 is 0. The molecule has 0 spiro atoms. The van der Waals surface area contributed by atoms with Gasteiger partial charge < -0.3 is 19.8 Å². The number of anilines is 2. The summed E-state index contributed by atoms with van der Waals surface area (Å²) in [5, 5.41) is 0. The third-order valence-electron chi connectivity index (χ3n) is 2.95. The second-order valence-electron chi connectivity index (χ2n) is 4.14. The summed E-state index contributed by atoms with van der Waals surface area (Å²) in [7, 11) is 1.51. The van der Waals surface area contributed by atoms with Crippen molar-refractivity contribution in [3.8, 4) is 5.75 Å². The molecule has 0 saturated heterocycles. The van der Waals surface area contributed by atoms with Crippen LogP contribution >= 0.6 is 0 Å². The highest BCUT2D eigenvalue weighted by molar-refractivity contribution is 5.63. The van der Waals surface area contributed by atoms with Crippen LogP contribution in [-0.2, 0) is 6.54 Å². The van der Waals surface area contributed by atoms with E-state index in [1.807, 2.05) is 24.0 Å². The molecule has 1 aromatic carbocycles. The van der Waals surface area contributed by atoms with Crippen molar-refractivity contribution in [3.05, 3.63) is 42.1 Å². The van der Waals surface area contributed by atoms with Gasteiger partial charge in [0.25, 0.3) is 0 Å². The van der Waals surface area contributed by atoms with Gasteiger partial charge in [-0.3, -0.25) is 0 Å². The monoisotopic (exact) mass is 264 g/mol. The minimum Gasteiger partial charge on any atom is -0.495 e. The van der Waals surface area contributed by atoms with Crippen LogP contribution in [0.15, 0.2) is 34.9 Å². The number of nitrogens with two attached hydrogens (primary N) is 1. The molecule has 1 aromatic heterocycles. The molecule has 5 heteroatoms. The normalized spacial score (nSPS) is 10.5.